The first-order valence-electron chi connectivity index (χ1n) is 13.1. The van der Waals surface area contributed by atoms with Crippen molar-refractivity contribution in [2.45, 2.75) is 50.8 Å². The van der Waals surface area contributed by atoms with Gasteiger partial charge < -0.3 is 21.1 Å². The van der Waals surface area contributed by atoms with Gasteiger partial charge in [0.2, 0.25) is 10.0 Å². The van der Waals surface area contributed by atoms with E-state index >= 15 is 0 Å². The highest BCUT2D eigenvalue weighted by molar-refractivity contribution is 7.92. The van der Waals surface area contributed by atoms with E-state index in [1.807, 2.05) is 30.3 Å². The number of piperidine rings is 1. The van der Waals surface area contributed by atoms with E-state index in [4.69, 9.17) is 0 Å². The maximum absolute atomic E-state index is 13.6. The molecule has 4 rings (SSSR count). The number of hydrogen-bond acceptors (Lipinski definition) is 7. The molecule has 2 aromatic rings. The Bertz CT molecular complexity index is 1250. The number of rotatable bonds is 11. The lowest BCUT2D eigenvalue weighted by Gasteiger charge is -2.33. The first kappa shape index (κ1) is 28.1. The van der Waals surface area contributed by atoms with Crippen molar-refractivity contribution in [2.24, 2.45) is 11.8 Å². The van der Waals surface area contributed by atoms with Crippen LogP contribution in [0.25, 0.3) is 0 Å². The molecule has 0 spiro atoms. The number of aliphatic hydroxyl groups is 1. The molecule has 1 heterocycles. The van der Waals surface area contributed by atoms with Crippen LogP contribution in [-0.2, 0) is 21.2 Å². The van der Waals surface area contributed by atoms with Crippen molar-refractivity contribution < 1.29 is 23.1 Å². The molecule has 5 atom stereocenters. The summed E-state index contributed by atoms with van der Waals surface area (Å²) in [5.41, 5.74) is 2.24. The van der Waals surface area contributed by atoms with Crippen molar-refractivity contribution in [1.82, 2.24) is 10.6 Å². The van der Waals surface area contributed by atoms with Crippen molar-refractivity contribution in [3.05, 3.63) is 59.7 Å². The van der Waals surface area contributed by atoms with Crippen molar-refractivity contribution in [3.63, 3.8) is 0 Å². The quantitative estimate of drug-likeness (QED) is 0.343. The molecular formula is C28H38N4O5S. The molecule has 0 aromatic heterocycles. The Hall–Kier alpha value is -2.95. The molecule has 2 fully saturated rings. The smallest absolute Gasteiger partial charge is 0.251 e. The zero-order valence-electron chi connectivity index (χ0n) is 22.2. The third-order valence-electron chi connectivity index (χ3n) is 7.58. The number of carbonyl (C=O) groups is 2. The summed E-state index contributed by atoms with van der Waals surface area (Å²) >= 11 is 0. The van der Waals surface area contributed by atoms with E-state index in [9.17, 15) is 23.1 Å². The molecule has 9 nitrogen and oxygen atoms in total. The number of amides is 1. The van der Waals surface area contributed by atoms with E-state index in [0.29, 0.717) is 42.6 Å². The number of nitrogens with one attached hydrogen (secondary N) is 3. The summed E-state index contributed by atoms with van der Waals surface area (Å²) in [6, 6.07) is 13.4. The van der Waals surface area contributed by atoms with E-state index in [2.05, 4.69) is 22.9 Å². The number of nitrogens with zero attached hydrogens (tertiary/aromatic N) is 1. The average Bonchev–Trinajstić information content (AvgIpc) is 3.60. The zero-order valence-corrected chi connectivity index (χ0v) is 23.0. The Kier molecular flexibility index (Phi) is 8.74. The van der Waals surface area contributed by atoms with Gasteiger partial charge in [-0.2, -0.15) is 0 Å². The lowest BCUT2D eigenvalue weighted by atomic mass is 9.91. The first-order chi connectivity index (χ1) is 18.0. The predicted molar refractivity (Wildman–Crippen MR) is 149 cm³/mol. The van der Waals surface area contributed by atoms with Crippen LogP contribution in [0.5, 0.6) is 0 Å². The minimum atomic E-state index is -3.55. The third-order valence-corrected chi connectivity index (χ3v) is 8.79. The van der Waals surface area contributed by atoms with Crippen LogP contribution in [0.15, 0.2) is 48.5 Å². The number of anilines is 2. The second kappa shape index (κ2) is 11.8. The monoisotopic (exact) mass is 542 g/mol. The van der Waals surface area contributed by atoms with Gasteiger partial charge >= 0.3 is 0 Å². The molecule has 1 saturated carbocycles. The fraction of sp³-hybridized carbons (Fsp3) is 0.500. The van der Waals surface area contributed by atoms with Crippen LogP contribution >= 0.6 is 0 Å². The minimum Gasteiger partial charge on any atom is -0.389 e. The Morgan fingerprint density at radius 2 is 1.92 bits per heavy atom. The first-order valence-corrected chi connectivity index (χ1v) is 15.0. The largest absolute Gasteiger partial charge is 0.389 e. The van der Waals surface area contributed by atoms with Crippen LogP contribution in [0.3, 0.4) is 0 Å². The SMILES string of the molecule is CC1CC1CNc1cc(C(=O)N[C@@H](Cc2ccccc2)[C@H](O)[C@H]2CC(=O)CCN2)cc(N(C)S(C)(=O)=O)c1. The summed E-state index contributed by atoms with van der Waals surface area (Å²) in [4.78, 5) is 25.6. The number of carbonyl (C=O) groups excluding carboxylic acids is 2. The Morgan fingerprint density at radius 3 is 2.55 bits per heavy atom. The molecular weight excluding hydrogens is 504 g/mol. The highest BCUT2D eigenvalue weighted by Crippen LogP contribution is 2.37. The predicted octanol–water partition coefficient (Wildman–Crippen LogP) is 2.17. The van der Waals surface area contributed by atoms with Crippen LogP contribution in [0, 0.1) is 11.8 Å². The number of ketones is 1. The van der Waals surface area contributed by atoms with E-state index in [0.717, 1.165) is 29.1 Å². The van der Waals surface area contributed by atoms with Crippen LogP contribution in [0.1, 0.15) is 42.1 Å². The molecule has 0 radical (unpaired) electrons. The Morgan fingerprint density at radius 1 is 1.21 bits per heavy atom. The maximum Gasteiger partial charge on any atom is 0.251 e. The number of benzene rings is 2. The lowest BCUT2D eigenvalue weighted by Crippen LogP contribution is -2.56. The molecule has 2 aliphatic rings. The average molecular weight is 543 g/mol. The van der Waals surface area contributed by atoms with Gasteiger partial charge in [0.15, 0.2) is 0 Å². The zero-order chi connectivity index (χ0) is 27.4. The van der Waals surface area contributed by atoms with Crippen LogP contribution in [0.4, 0.5) is 11.4 Å². The molecule has 1 aliphatic heterocycles. The molecule has 0 bridgehead atoms. The van der Waals surface area contributed by atoms with Gasteiger partial charge in [0.05, 0.1) is 24.1 Å². The molecule has 4 N–H and O–H groups in total. The van der Waals surface area contributed by atoms with Gasteiger partial charge in [0.25, 0.3) is 5.91 Å². The second-order valence-corrected chi connectivity index (χ2v) is 12.7. The van der Waals surface area contributed by atoms with Gasteiger partial charge in [-0.3, -0.25) is 13.9 Å². The van der Waals surface area contributed by atoms with Crippen molar-refractivity contribution in [1.29, 1.82) is 0 Å². The summed E-state index contributed by atoms with van der Waals surface area (Å²) in [6.07, 6.45) is 2.25. The molecule has 10 heteroatoms. The topological polar surface area (TPSA) is 128 Å². The summed E-state index contributed by atoms with van der Waals surface area (Å²) in [5, 5.41) is 20.8. The van der Waals surface area contributed by atoms with E-state index in [1.165, 1.54) is 13.1 Å². The lowest BCUT2D eigenvalue weighted by molar-refractivity contribution is -0.121. The summed E-state index contributed by atoms with van der Waals surface area (Å²) in [7, 11) is -2.09. The fourth-order valence-corrected chi connectivity index (χ4v) is 5.35. The van der Waals surface area contributed by atoms with E-state index in [1.54, 1.807) is 12.1 Å². The molecule has 38 heavy (non-hydrogen) atoms. The molecule has 2 aromatic carbocycles. The van der Waals surface area contributed by atoms with Gasteiger partial charge in [0.1, 0.15) is 5.78 Å². The van der Waals surface area contributed by atoms with Crippen molar-refractivity contribution in [3.8, 4) is 0 Å². The van der Waals surface area contributed by atoms with Gasteiger partial charge in [-0.1, -0.05) is 37.3 Å². The standard InChI is InChI=1S/C28H38N4O5S/c1-18-11-21(18)17-30-22-13-20(14-23(15-22)32(2)38(3,36)37)28(35)31-26(12-19-7-5-4-6-8-19)27(34)25-16-24(33)9-10-29-25/h4-8,13-15,18,21,25-27,29-30,34H,9-12,16-17H2,1-3H3,(H,31,35)/t18?,21?,25-,26+,27-/m1/s1. The summed E-state index contributed by atoms with van der Waals surface area (Å²) < 4.78 is 25.6. The van der Waals surface area contributed by atoms with Crippen LogP contribution < -0.4 is 20.3 Å². The molecule has 1 aliphatic carbocycles. The number of Topliss-reactive ketones (excluding diaryl/α,β-unsaturated/α-hetero) is 1. The van der Waals surface area contributed by atoms with Gasteiger partial charge in [0, 0.05) is 50.3 Å². The van der Waals surface area contributed by atoms with Crippen LogP contribution in [0.2, 0.25) is 0 Å². The molecule has 2 unspecified atom stereocenters. The summed E-state index contributed by atoms with van der Waals surface area (Å²) in [5.74, 6) is 0.848. The summed E-state index contributed by atoms with van der Waals surface area (Å²) in [6.45, 7) is 3.41. The number of sulfonamides is 1. The third kappa shape index (κ3) is 7.33. The van der Waals surface area contributed by atoms with Crippen molar-refractivity contribution in [2.75, 3.05) is 36.0 Å². The molecule has 1 saturated heterocycles. The van der Waals surface area contributed by atoms with E-state index < -0.39 is 34.1 Å². The Labute approximate surface area is 225 Å². The highest BCUT2D eigenvalue weighted by atomic mass is 32.2. The molecule has 206 valence electrons. The maximum atomic E-state index is 13.6. The number of aliphatic hydroxyl groups excluding tert-OH is 1. The molecule has 1 amide bonds. The van der Waals surface area contributed by atoms with E-state index in [-0.39, 0.29) is 17.8 Å². The van der Waals surface area contributed by atoms with Crippen molar-refractivity contribution >= 4 is 33.1 Å². The minimum absolute atomic E-state index is 0.0785. The van der Waals surface area contributed by atoms with Gasteiger partial charge in [-0.15, -0.1) is 0 Å². The normalized spacial score (nSPS) is 22.8. The van der Waals surface area contributed by atoms with Gasteiger partial charge in [-0.05, 0) is 48.4 Å². The number of hydrogen-bond donors (Lipinski definition) is 4. The second-order valence-electron chi connectivity index (χ2n) is 10.7. The highest BCUT2D eigenvalue weighted by Gasteiger charge is 2.33. The fourth-order valence-electron chi connectivity index (χ4n) is 4.87. The Balaban J connectivity index is 1.59. The van der Waals surface area contributed by atoms with Crippen LogP contribution in [-0.4, -0.2) is 69.8 Å². The van der Waals surface area contributed by atoms with Gasteiger partial charge in [-0.25, -0.2) is 8.42 Å².